The molecule has 1 heterocycles. The molecule has 0 radical (unpaired) electrons. The summed E-state index contributed by atoms with van der Waals surface area (Å²) in [6.07, 6.45) is 1.01. The number of fused-ring (bicyclic) bond motifs is 1. The highest BCUT2D eigenvalue weighted by atomic mass is 16.4. The van der Waals surface area contributed by atoms with Gasteiger partial charge >= 0.3 is 5.97 Å². The van der Waals surface area contributed by atoms with Crippen molar-refractivity contribution in [1.82, 2.24) is 10.9 Å². The first-order valence-corrected chi connectivity index (χ1v) is 4.29. The Morgan fingerprint density at radius 1 is 1.20 bits per heavy atom. The van der Waals surface area contributed by atoms with Gasteiger partial charge in [0.05, 0.1) is 11.3 Å². The second-order valence-electron chi connectivity index (χ2n) is 3.02. The molecule has 1 amide bonds. The van der Waals surface area contributed by atoms with Crippen LogP contribution in [0.3, 0.4) is 0 Å². The summed E-state index contributed by atoms with van der Waals surface area (Å²) in [6.45, 7) is 0. The van der Waals surface area contributed by atoms with Gasteiger partial charge in [0.1, 0.15) is 0 Å². The summed E-state index contributed by atoms with van der Waals surface area (Å²) in [6, 6.07) is 6.80. The predicted octanol–water partition coefficient (Wildman–Crippen LogP) is 0.360. The van der Waals surface area contributed by atoms with Crippen LogP contribution in [0.25, 0.3) is 5.70 Å². The van der Waals surface area contributed by atoms with Crippen molar-refractivity contribution in [3.05, 3.63) is 41.5 Å². The number of nitrogens with one attached hydrogen (secondary N) is 2. The van der Waals surface area contributed by atoms with Crippen molar-refractivity contribution in [3.8, 4) is 0 Å². The van der Waals surface area contributed by atoms with Crippen molar-refractivity contribution in [2.24, 2.45) is 0 Å². The molecule has 1 aliphatic rings. The molecule has 0 saturated heterocycles. The molecule has 1 aromatic rings. The Bertz CT molecular complexity index is 465. The lowest BCUT2D eigenvalue weighted by Crippen LogP contribution is -2.41. The molecular weight excluding hydrogens is 196 g/mol. The molecule has 0 atom stereocenters. The minimum Gasteiger partial charge on any atom is -0.478 e. The van der Waals surface area contributed by atoms with Crippen molar-refractivity contribution in [2.75, 3.05) is 0 Å². The van der Waals surface area contributed by atoms with Crippen molar-refractivity contribution in [2.45, 2.75) is 0 Å². The first kappa shape index (κ1) is 9.26. The fraction of sp³-hybridized carbons (Fsp3) is 0. The van der Waals surface area contributed by atoms with Gasteiger partial charge in [0.2, 0.25) is 0 Å². The number of hydrazine groups is 1. The molecule has 2 rings (SSSR count). The average Bonchev–Trinajstić information content (AvgIpc) is 2.22. The van der Waals surface area contributed by atoms with Gasteiger partial charge in [-0.2, -0.15) is 0 Å². The monoisotopic (exact) mass is 204 g/mol. The van der Waals surface area contributed by atoms with E-state index >= 15 is 0 Å². The van der Waals surface area contributed by atoms with Gasteiger partial charge in [0.15, 0.2) is 0 Å². The van der Waals surface area contributed by atoms with Gasteiger partial charge in [-0.25, -0.2) is 4.79 Å². The highest BCUT2D eigenvalue weighted by Crippen LogP contribution is 2.19. The maximum atomic E-state index is 11.4. The maximum Gasteiger partial charge on any atom is 0.330 e. The third kappa shape index (κ3) is 1.67. The summed E-state index contributed by atoms with van der Waals surface area (Å²) < 4.78 is 0. The van der Waals surface area contributed by atoms with E-state index in [0.29, 0.717) is 16.8 Å². The minimum atomic E-state index is -1.07. The first-order valence-electron chi connectivity index (χ1n) is 4.29. The summed E-state index contributed by atoms with van der Waals surface area (Å²) in [4.78, 5) is 21.9. The molecule has 0 unspecified atom stereocenters. The van der Waals surface area contributed by atoms with Crippen LogP contribution in [0, 0.1) is 0 Å². The van der Waals surface area contributed by atoms with E-state index in [0.717, 1.165) is 6.08 Å². The molecule has 5 heteroatoms. The van der Waals surface area contributed by atoms with Crippen LogP contribution in [0.1, 0.15) is 15.9 Å². The van der Waals surface area contributed by atoms with Crippen LogP contribution >= 0.6 is 0 Å². The summed E-state index contributed by atoms with van der Waals surface area (Å²) >= 11 is 0. The van der Waals surface area contributed by atoms with Gasteiger partial charge < -0.3 is 5.11 Å². The molecule has 1 aromatic carbocycles. The molecule has 0 aromatic heterocycles. The molecule has 76 valence electrons. The van der Waals surface area contributed by atoms with E-state index in [1.807, 2.05) is 0 Å². The maximum absolute atomic E-state index is 11.4. The van der Waals surface area contributed by atoms with E-state index in [2.05, 4.69) is 10.9 Å². The molecule has 15 heavy (non-hydrogen) atoms. The number of hydrogen-bond acceptors (Lipinski definition) is 3. The Labute approximate surface area is 85.4 Å². The normalized spacial score (nSPS) is 16.5. The zero-order valence-corrected chi connectivity index (χ0v) is 7.65. The van der Waals surface area contributed by atoms with E-state index in [1.54, 1.807) is 24.3 Å². The molecule has 3 N–H and O–H groups in total. The highest BCUT2D eigenvalue weighted by Gasteiger charge is 2.19. The van der Waals surface area contributed by atoms with Gasteiger partial charge in [-0.05, 0) is 6.07 Å². The van der Waals surface area contributed by atoms with Crippen LogP contribution in [0.5, 0.6) is 0 Å². The third-order valence-electron chi connectivity index (χ3n) is 2.04. The van der Waals surface area contributed by atoms with Crippen molar-refractivity contribution >= 4 is 17.6 Å². The highest BCUT2D eigenvalue weighted by molar-refractivity contribution is 6.03. The number of carboxylic acids is 1. The van der Waals surface area contributed by atoms with E-state index in [9.17, 15) is 9.59 Å². The number of benzene rings is 1. The summed E-state index contributed by atoms with van der Waals surface area (Å²) in [5.41, 5.74) is 6.33. The molecule has 0 spiro atoms. The Hall–Kier alpha value is -2.30. The van der Waals surface area contributed by atoms with Crippen LogP contribution in [0.4, 0.5) is 0 Å². The van der Waals surface area contributed by atoms with Gasteiger partial charge in [0.25, 0.3) is 5.91 Å². The first-order chi connectivity index (χ1) is 7.18. The molecular formula is C10H8N2O3. The van der Waals surface area contributed by atoms with Gasteiger partial charge in [-0.15, -0.1) is 0 Å². The summed E-state index contributed by atoms with van der Waals surface area (Å²) in [5.74, 6) is -1.34. The van der Waals surface area contributed by atoms with Gasteiger partial charge in [-0.1, -0.05) is 18.2 Å². The molecule has 0 aliphatic carbocycles. The second-order valence-corrected chi connectivity index (χ2v) is 3.02. The van der Waals surface area contributed by atoms with Crippen LogP contribution in [-0.4, -0.2) is 17.0 Å². The Balaban J connectivity index is 2.54. The Morgan fingerprint density at radius 2 is 1.87 bits per heavy atom. The quantitative estimate of drug-likeness (QED) is 0.577. The fourth-order valence-electron chi connectivity index (χ4n) is 1.41. The molecule has 1 aliphatic heterocycles. The van der Waals surface area contributed by atoms with Crippen molar-refractivity contribution in [1.29, 1.82) is 0 Å². The average molecular weight is 204 g/mol. The van der Waals surface area contributed by atoms with Crippen LogP contribution < -0.4 is 10.9 Å². The SMILES string of the molecule is O=C(O)/C=C1\NNC(=O)c2ccccc21. The number of carboxylic acid groups (broad SMARTS) is 1. The molecule has 0 fully saturated rings. The largest absolute Gasteiger partial charge is 0.478 e. The lowest BCUT2D eigenvalue weighted by molar-refractivity contribution is -0.131. The molecule has 5 nitrogen and oxygen atoms in total. The van der Waals surface area contributed by atoms with E-state index in [-0.39, 0.29) is 5.91 Å². The molecule has 0 bridgehead atoms. The Kier molecular flexibility index (Phi) is 2.13. The number of rotatable bonds is 1. The number of carbonyl (C=O) groups excluding carboxylic acids is 1. The van der Waals surface area contributed by atoms with Crippen molar-refractivity contribution < 1.29 is 14.7 Å². The molecule has 0 saturated carbocycles. The number of amides is 1. The standard InChI is InChI=1S/C10H8N2O3/c13-9(14)5-8-6-3-1-2-4-7(6)10(15)12-11-8/h1-5,11H,(H,12,15)(H,13,14)/b8-5-. The number of hydrogen-bond donors (Lipinski definition) is 3. The lowest BCUT2D eigenvalue weighted by Gasteiger charge is -2.20. The van der Waals surface area contributed by atoms with Crippen LogP contribution in [-0.2, 0) is 4.79 Å². The zero-order valence-electron chi connectivity index (χ0n) is 7.65. The van der Waals surface area contributed by atoms with Crippen molar-refractivity contribution in [3.63, 3.8) is 0 Å². The summed E-state index contributed by atoms with van der Waals surface area (Å²) in [5, 5.41) is 8.63. The van der Waals surface area contributed by atoms with E-state index in [4.69, 9.17) is 5.11 Å². The van der Waals surface area contributed by atoms with E-state index < -0.39 is 5.97 Å². The lowest BCUT2D eigenvalue weighted by atomic mass is 10.0. The van der Waals surface area contributed by atoms with Crippen LogP contribution in [0.15, 0.2) is 30.3 Å². The minimum absolute atomic E-state index is 0.270. The third-order valence-corrected chi connectivity index (χ3v) is 2.04. The predicted molar refractivity (Wildman–Crippen MR) is 52.7 cm³/mol. The topological polar surface area (TPSA) is 78.4 Å². The second kappa shape index (κ2) is 3.45. The van der Waals surface area contributed by atoms with E-state index in [1.165, 1.54) is 0 Å². The van der Waals surface area contributed by atoms with Gasteiger partial charge in [0, 0.05) is 11.6 Å². The van der Waals surface area contributed by atoms with Gasteiger partial charge in [-0.3, -0.25) is 15.6 Å². The van der Waals surface area contributed by atoms with Crippen LogP contribution in [0.2, 0.25) is 0 Å². The fourth-order valence-corrected chi connectivity index (χ4v) is 1.41. The smallest absolute Gasteiger partial charge is 0.330 e. The zero-order chi connectivity index (χ0) is 10.8. The number of carbonyl (C=O) groups is 2. The Morgan fingerprint density at radius 3 is 2.53 bits per heavy atom. The number of aliphatic carboxylic acids is 1. The summed E-state index contributed by atoms with van der Waals surface area (Å²) in [7, 11) is 0.